The quantitative estimate of drug-likeness (QED) is 0.771. The molecule has 0 aliphatic carbocycles. The fourth-order valence-corrected chi connectivity index (χ4v) is 1.55. The van der Waals surface area contributed by atoms with Crippen LogP contribution in [0.3, 0.4) is 0 Å². The number of pyridine rings is 1. The van der Waals surface area contributed by atoms with Crippen LogP contribution >= 0.6 is 0 Å². The zero-order valence-corrected chi connectivity index (χ0v) is 10.2. The number of nitriles is 1. The number of nitrogens with zero attached hydrogens (tertiary/aromatic N) is 2. The summed E-state index contributed by atoms with van der Waals surface area (Å²) < 4.78 is 0. The number of anilines is 1. The van der Waals surface area contributed by atoms with Crippen LogP contribution in [0.1, 0.15) is 37.8 Å². The van der Waals surface area contributed by atoms with Gasteiger partial charge in [-0.2, -0.15) is 5.26 Å². The molecule has 1 rings (SSSR count). The molecule has 0 saturated heterocycles. The van der Waals surface area contributed by atoms with E-state index in [0.717, 1.165) is 24.4 Å². The SMILES string of the molecule is Cc1ccnc(NCCCC(C)C)c1C#N. The number of hydrogen-bond donors (Lipinski definition) is 1. The summed E-state index contributed by atoms with van der Waals surface area (Å²) in [5, 5.41) is 12.2. The van der Waals surface area contributed by atoms with Crippen molar-refractivity contribution in [1.82, 2.24) is 4.98 Å². The second-order valence-electron chi connectivity index (χ2n) is 4.43. The third-order valence-electron chi connectivity index (χ3n) is 2.52. The zero-order valence-electron chi connectivity index (χ0n) is 10.2. The smallest absolute Gasteiger partial charge is 0.144 e. The molecule has 86 valence electrons. The van der Waals surface area contributed by atoms with Crippen molar-refractivity contribution in [3.8, 4) is 6.07 Å². The Morgan fingerprint density at radius 3 is 2.88 bits per heavy atom. The first-order valence-electron chi connectivity index (χ1n) is 5.74. The van der Waals surface area contributed by atoms with E-state index < -0.39 is 0 Å². The van der Waals surface area contributed by atoms with Gasteiger partial charge in [-0.25, -0.2) is 4.98 Å². The Morgan fingerprint density at radius 2 is 2.25 bits per heavy atom. The van der Waals surface area contributed by atoms with Gasteiger partial charge in [-0.1, -0.05) is 13.8 Å². The number of aromatic nitrogens is 1. The number of rotatable bonds is 5. The van der Waals surface area contributed by atoms with Gasteiger partial charge >= 0.3 is 0 Å². The van der Waals surface area contributed by atoms with Gasteiger partial charge in [0.25, 0.3) is 0 Å². The normalized spacial score (nSPS) is 10.2. The highest BCUT2D eigenvalue weighted by Crippen LogP contribution is 2.15. The molecule has 0 amide bonds. The Labute approximate surface area is 97.5 Å². The lowest BCUT2D eigenvalue weighted by Gasteiger charge is -2.09. The second kappa shape index (κ2) is 6.12. The summed E-state index contributed by atoms with van der Waals surface area (Å²) in [6.45, 7) is 7.24. The van der Waals surface area contributed by atoms with Gasteiger partial charge in [-0.15, -0.1) is 0 Å². The number of aryl methyl sites for hydroxylation is 1. The molecular weight excluding hydrogens is 198 g/mol. The van der Waals surface area contributed by atoms with Crippen molar-refractivity contribution < 1.29 is 0 Å². The van der Waals surface area contributed by atoms with E-state index >= 15 is 0 Å². The van der Waals surface area contributed by atoms with E-state index in [-0.39, 0.29) is 0 Å². The predicted octanol–water partition coefficient (Wildman–Crippen LogP) is 3.11. The van der Waals surface area contributed by atoms with Crippen LogP contribution in [0.2, 0.25) is 0 Å². The third kappa shape index (κ3) is 3.54. The molecule has 0 saturated carbocycles. The Bertz CT molecular complexity index is 377. The highest BCUT2D eigenvalue weighted by molar-refractivity contribution is 5.55. The van der Waals surface area contributed by atoms with Gasteiger partial charge in [0.2, 0.25) is 0 Å². The average molecular weight is 217 g/mol. The molecular formula is C13H19N3. The van der Waals surface area contributed by atoms with Crippen LogP contribution in [0.4, 0.5) is 5.82 Å². The fraction of sp³-hybridized carbons (Fsp3) is 0.538. The van der Waals surface area contributed by atoms with E-state index in [0.29, 0.717) is 11.4 Å². The van der Waals surface area contributed by atoms with Gasteiger partial charge in [0.15, 0.2) is 0 Å². The summed E-state index contributed by atoms with van der Waals surface area (Å²) in [7, 11) is 0. The number of hydrogen-bond acceptors (Lipinski definition) is 3. The van der Waals surface area contributed by atoms with Gasteiger partial charge in [-0.05, 0) is 37.3 Å². The molecule has 0 fully saturated rings. The van der Waals surface area contributed by atoms with Gasteiger partial charge in [0.05, 0.1) is 5.56 Å². The van der Waals surface area contributed by atoms with Crippen molar-refractivity contribution in [3.05, 3.63) is 23.4 Å². The first kappa shape index (κ1) is 12.5. The standard InChI is InChI=1S/C13H19N3/c1-10(2)5-4-7-15-13-12(9-14)11(3)6-8-16-13/h6,8,10H,4-5,7H2,1-3H3,(H,15,16). The van der Waals surface area contributed by atoms with E-state index in [1.54, 1.807) is 6.20 Å². The van der Waals surface area contributed by atoms with Crippen molar-refractivity contribution in [2.45, 2.75) is 33.6 Å². The molecule has 0 radical (unpaired) electrons. The Morgan fingerprint density at radius 1 is 1.50 bits per heavy atom. The molecule has 0 spiro atoms. The van der Waals surface area contributed by atoms with Crippen molar-refractivity contribution in [3.63, 3.8) is 0 Å². The molecule has 0 aromatic carbocycles. The summed E-state index contributed by atoms with van der Waals surface area (Å²) in [6.07, 6.45) is 4.04. The van der Waals surface area contributed by atoms with Crippen LogP contribution < -0.4 is 5.32 Å². The average Bonchev–Trinajstić information content (AvgIpc) is 2.24. The molecule has 1 N–H and O–H groups in total. The van der Waals surface area contributed by atoms with Crippen molar-refractivity contribution in [1.29, 1.82) is 5.26 Å². The second-order valence-corrected chi connectivity index (χ2v) is 4.43. The van der Waals surface area contributed by atoms with Crippen molar-refractivity contribution in [2.24, 2.45) is 5.92 Å². The summed E-state index contributed by atoms with van der Waals surface area (Å²) in [5.74, 6) is 1.44. The number of nitrogens with one attached hydrogen (secondary N) is 1. The Kier molecular flexibility index (Phi) is 4.78. The lowest BCUT2D eigenvalue weighted by Crippen LogP contribution is -2.06. The minimum Gasteiger partial charge on any atom is -0.369 e. The van der Waals surface area contributed by atoms with Gasteiger partial charge in [0, 0.05) is 12.7 Å². The van der Waals surface area contributed by atoms with E-state index in [1.165, 1.54) is 6.42 Å². The minimum atomic E-state index is 0.659. The highest BCUT2D eigenvalue weighted by Gasteiger charge is 2.05. The molecule has 1 aromatic rings. The van der Waals surface area contributed by atoms with Crippen LogP contribution in [-0.4, -0.2) is 11.5 Å². The van der Waals surface area contributed by atoms with Crippen LogP contribution in [0.25, 0.3) is 0 Å². The lowest BCUT2D eigenvalue weighted by molar-refractivity contribution is 0.566. The van der Waals surface area contributed by atoms with Gasteiger partial charge in [-0.3, -0.25) is 0 Å². The monoisotopic (exact) mass is 217 g/mol. The molecule has 0 bridgehead atoms. The maximum atomic E-state index is 9.01. The van der Waals surface area contributed by atoms with Crippen LogP contribution in [-0.2, 0) is 0 Å². The summed E-state index contributed by atoms with van der Waals surface area (Å²) in [6, 6.07) is 4.05. The van der Waals surface area contributed by atoms with Crippen LogP contribution in [0.15, 0.2) is 12.3 Å². The maximum absolute atomic E-state index is 9.01. The third-order valence-corrected chi connectivity index (χ3v) is 2.52. The lowest BCUT2D eigenvalue weighted by atomic mass is 10.1. The molecule has 1 aromatic heterocycles. The topological polar surface area (TPSA) is 48.7 Å². The van der Waals surface area contributed by atoms with E-state index in [9.17, 15) is 0 Å². The first-order chi connectivity index (χ1) is 7.65. The van der Waals surface area contributed by atoms with Crippen molar-refractivity contribution in [2.75, 3.05) is 11.9 Å². The molecule has 0 unspecified atom stereocenters. The van der Waals surface area contributed by atoms with Gasteiger partial charge in [0.1, 0.15) is 11.9 Å². The minimum absolute atomic E-state index is 0.659. The molecule has 1 heterocycles. The summed E-state index contributed by atoms with van der Waals surface area (Å²) in [5.41, 5.74) is 1.64. The maximum Gasteiger partial charge on any atom is 0.144 e. The van der Waals surface area contributed by atoms with Crippen LogP contribution in [0.5, 0.6) is 0 Å². The highest BCUT2D eigenvalue weighted by atomic mass is 15.0. The molecule has 0 aliphatic heterocycles. The first-order valence-corrected chi connectivity index (χ1v) is 5.74. The molecule has 0 atom stereocenters. The zero-order chi connectivity index (χ0) is 12.0. The fourth-order valence-electron chi connectivity index (χ4n) is 1.55. The van der Waals surface area contributed by atoms with Crippen molar-refractivity contribution >= 4 is 5.82 Å². The largest absolute Gasteiger partial charge is 0.369 e. The summed E-state index contributed by atoms with van der Waals surface area (Å²) >= 11 is 0. The Hall–Kier alpha value is -1.56. The molecule has 3 heteroatoms. The predicted molar refractivity (Wildman–Crippen MR) is 66.3 cm³/mol. The van der Waals surface area contributed by atoms with Gasteiger partial charge < -0.3 is 5.32 Å². The molecule has 16 heavy (non-hydrogen) atoms. The van der Waals surface area contributed by atoms with Crippen LogP contribution in [0, 0.1) is 24.2 Å². The summed E-state index contributed by atoms with van der Waals surface area (Å²) in [4.78, 5) is 4.19. The molecule has 0 aliphatic rings. The molecule has 3 nitrogen and oxygen atoms in total. The Balaban J connectivity index is 2.54. The van der Waals surface area contributed by atoms with E-state index in [1.807, 2.05) is 13.0 Å². The van der Waals surface area contributed by atoms with E-state index in [4.69, 9.17) is 5.26 Å². The van der Waals surface area contributed by atoms with E-state index in [2.05, 4.69) is 30.2 Å².